The minimum Gasteiger partial charge on any atom is -0.486 e. The molecule has 0 atom stereocenters. The summed E-state index contributed by atoms with van der Waals surface area (Å²) in [4.78, 5) is 10.2. The van der Waals surface area contributed by atoms with Gasteiger partial charge in [0.1, 0.15) is 0 Å². The number of alkyl halides is 3. The summed E-state index contributed by atoms with van der Waals surface area (Å²) in [5.74, 6) is -0.126. The molecule has 0 radical (unpaired) electrons. The number of benzene rings is 1. The summed E-state index contributed by atoms with van der Waals surface area (Å²) >= 11 is 0. The maximum Gasteiger partial charge on any atom is 0.392 e. The molecule has 0 amide bonds. The molecule has 0 aliphatic heterocycles. The molecule has 0 heterocycles. The molecule has 116 valence electrons. The van der Waals surface area contributed by atoms with Gasteiger partial charge in [-0.2, -0.15) is 13.2 Å². The first kappa shape index (κ1) is 15.6. The van der Waals surface area contributed by atoms with Crippen molar-refractivity contribution < 1.29 is 22.8 Å². The van der Waals surface area contributed by atoms with Crippen molar-refractivity contribution in [1.29, 1.82) is 0 Å². The van der Waals surface area contributed by atoms with E-state index in [1.54, 1.807) is 6.07 Å². The molecular weight excluding hydrogens is 289 g/mol. The lowest BCUT2D eigenvalue weighted by Gasteiger charge is -2.10. The van der Waals surface area contributed by atoms with Crippen molar-refractivity contribution in [2.75, 3.05) is 6.61 Å². The lowest BCUT2D eigenvalue weighted by atomic mass is 10.2. The monoisotopic (exact) mass is 304 g/mol. The second-order valence-electron chi connectivity index (χ2n) is 4.93. The van der Waals surface area contributed by atoms with Crippen LogP contribution in [-0.2, 0) is 6.54 Å². The van der Waals surface area contributed by atoms with Crippen LogP contribution in [0.1, 0.15) is 24.8 Å². The highest BCUT2D eigenvalue weighted by Gasteiger charge is 2.27. The summed E-state index contributed by atoms with van der Waals surface area (Å²) in [6.45, 7) is -0.123. The van der Waals surface area contributed by atoms with Gasteiger partial charge in [0, 0.05) is 18.7 Å². The van der Waals surface area contributed by atoms with E-state index in [-0.39, 0.29) is 11.4 Å². The number of nitrogens with one attached hydrogen (secondary N) is 1. The predicted molar refractivity (Wildman–Crippen MR) is 69.1 cm³/mol. The van der Waals surface area contributed by atoms with E-state index in [1.165, 1.54) is 12.1 Å². The number of nitro benzene ring substituents is 1. The SMILES string of the molecule is O=[N+]([O-])c1ccc(CNC2CC2)cc1OCCC(F)(F)F. The highest BCUT2D eigenvalue weighted by Crippen LogP contribution is 2.29. The maximum atomic E-state index is 12.1. The van der Waals surface area contributed by atoms with E-state index >= 15 is 0 Å². The van der Waals surface area contributed by atoms with Crippen LogP contribution in [0.5, 0.6) is 5.75 Å². The summed E-state index contributed by atoms with van der Waals surface area (Å²) in [6.07, 6.45) is -3.29. The highest BCUT2D eigenvalue weighted by atomic mass is 19.4. The maximum absolute atomic E-state index is 12.1. The highest BCUT2D eigenvalue weighted by molar-refractivity contribution is 5.48. The van der Waals surface area contributed by atoms with E-state index in [1.807, 2.05) is 0 Å². The Hall–Kier alpha value is -1.83. The zero-order chi connectivity index (χ0) is 15.5. The van der Waals surface area contributed by atoms with E-state index in [9.17, 15) is 23.3 Å². The predicted octanol–water partition coefficient (Wildman–Crippen LogP) is 3.18. The Balaban J connectivity index is 2.02. The van der Waals surface area contributed by atoms with Crippen LogP contribution in [0.15, 0.2) is 18.2 Å². The van der Waals surface area contributed by atoms with Crippen LogP contribution in [0.25, 0.3) is 0 Å². The third kappa shape index (κ3) is 5.22. The quantitative estimate of drug-likeness (QED) is 0.620. The van der Waals surface area contributed by atoms with Gasteiger partial charge in [-0.15, -0.1) is 0 Å². The van der Waals surface area contributed by atoms with Gasteiger partial charge in [0.25, 0.3) is 0 Å². The Morgan fingerprint density at radius 3 is 2.67 bits per heavy atom. The number of nitro groups is 1. The van der Waals surface area contributed by atoms with E-state index in [0.717, 1.165) is 18.4 Å². The molecule has 1 fully saturated rings. The lowest BCUT2D eigenvalue weighted by Crippen LogP contribution is -2.16. The van der Waals surface area contributed by atoms with Crippen LogP contribution in [-0.4, -0.2) is 23.7 Å². The average molecular weight is 304 g/mol. The minimum atomic E-state index is -4.35. The van der Waals surface area contributed by atoms with Gasteiger partial charge in [-0.05, 0) is 24.5 Å². The zero-order valence-corrected chi connectivity index (χ0v) is 11.2. The molecule has 0 unspecified atom stereocenters. The number of halogens is 3. The molecule has 0 aromatic heterocycles. The van der Waals surface area contributed by atoms with Crippen LogP contribution < -0.4 is 10.1 Å². The smallest absolute Gasteiger partial charge is 0.392 e. The summed E-state index contributed by atoms with van der Waals surface area (Å²) in [5, 5.41) is 14.1. The van der Waals surface area contributed by atoms with Gasteiger partial charge in [0.2, 0.25) is 0 Å². The number of ether oxygens (including phenoxy) is 1. The second kappa shape index (κ2) is 6.30. The van der Waals surface area contributed by atoms with Crippen LogP contribution in [0, 0.1) is 10.1 Å². The molecule has 2 rings (SSSR count). The molecular formula is C13H15F3N2O3. The van der Waals surface area contributed by atoms with Crippen LogP contribution >= 0.6 is 0 Å². The van der Waals surface area contributed by atoms with Gasteiger partial charge >= 0.3 is 11.9 Å². The molecule has 0 spiro atoms. The fourth-order valence-corrected chi connectivity index (χ4v) is 1.76. The first-order chi connectivity index (χ1) is 9.85. The van der Waals surface area contributed by atoms with E-state index < -0.39 is 24.1 Å². The first-order valence-corrected chi connectivity index (χ1v) is 6.55. The van der Waals surface area contributed by atoms with Gasteiger partial charge in [0.15, 0.2) is 5.75 Å². The molecule has 1 aliphatic rings. The van der Waals surface area contributed by atoms with Gasteiger partial charge in [-0.1, -0.05) is 6.07 Å². The minimum absolute atomic E-state index is 0.126. The van der Waals surface area contributed by atoms with Gasteiger partial charge < -0.3 is 10.1 Å². The number of hydrogen-bond donors (Lipinski definition) is 1. The largest absolute Gasteiger partial charge is 0.486 e. The third-order valence-corrected chi connectivity index (χ3v) is 3.04. The Bertz CT molecular complexity index is 516. The second-order valence-corrected chi connectivity index (χ2v) is 4.93. The van der Waals surface area contributed by atoms with Crippen LogP contribution in [0.3, 0.4) is 0 Å². The fraction of sp³-hybridized carbons (Fsp3) is 0.538. The van der Waals surface area contributed by atoms with Gasteiger partial charge in [0.05, 0.1) is 18.0 Å². The Morgan fingerprint density at radius 1 is 1.38 bits per heavy atom. The normalized spacial score (nSPS) is 15.0. The van der Waals surface area contributed by atoms with Crippen molar-refractivity contribution in [1.82, 2.24) is 5.32 Å². The standard InChI is InChI=1S/C13H15F3N2O3/c14-13(15,16)5-6-21-12-7-9(8-17-10-2-3-10)1-4-11(12)18(19)20/h1,4,7,10,17H,2-3,5-6,8H2. The van der Waals surface area contributed by atoms with Crippen molar-refractivity contribution in [2.24, 2.45) is 0 Å². The lowest BCUT2D eigenvalue weighted by molar-refractivity contribution is -0.385. The van der Waals surface area contributed by atoms with E-state index in [0.29, 0.717) is 12.6 Å². The molecule has 5 nitrogen and oxygen atoms in total. The summed E-state index contributed by atoms with van der Waals surface area (Å²) in [7, 11) is 0. The third-order valence-electron chi connectivity index (χ3n) is 3.04. The molecule has 1 aliphatic carbocycles. The average Bonchev–Trinajstić information content (AvgIpc) is 3.18. The molecule has 0 saturated heterocycles. The van der Waals surface area contributed by atoms with Crippen molar-refractivity contribution >= 4 is 5.69 Å². The topological polar surface area (TPSA) is 64.4 Å². The van der Waals surface area contributed by atoms with Crippen LogP contribution in [0.2, 0.25) is 0 Å². The molecule has 1 aromatic rings. The molecule has 8 heteroatoms. The van der Waals surface area contributed by atoms with Gasteiger partial charge in [-0.25, -0.2) is 0 Å². The van der Waals surface area contributed by atoms with Crippen molar-refractivity contribution in [2.45, 2.75) is 38.0 Å². The first-order valence-electron chi connectivity index (χ1n) is 6.55. The summed E-state index contributed by atoms with van der Waals surface area (Å²) in [5.41, 5.74) is 0.418. The Labute approximate surface area is 119 Å². The summed E-state index contributed by atoms with van der Waals surface area (Å²) < 4.78 is 41.2. The molecule has 1 saturated carbocycles. The molecule has 1 aromatic carbocycles. The van der Waals surface area contributed by atoms with Crippen molar-refractivity contribution in [3.63, 3.8) is 0 Å². The Morgan fingerprint density at radius 2 is 2.10 bits per heavy atom. The van der Waals surface area contributed by atoms with Crippen molar-refractivity contribution in [3.8, 4) is 5.75 Å². The molecule has 0 bridgehead atoms. The molecule has 1 N–H and O–H groups in total. The van der Waals surface area contributed by atoms with Crippen LogP contribution in [0.4, 0.5) is 18.9 Å². The number of hydrogen-bond acceptors (Lipinski definition) is 4. The van der Waals surface area contributed by atoms with Gasteiger partial charge in [-0.3, -0.25) is 10.1 Å². The molecule has 21 heavy (non-hydrogen) atoms. The summed E-state index contributed by atoms with van der Waals surface area (Å²) in [6, 6.07) is 4.72. The van der Waals surface area contributed by atoms with E-state index in [4.69, 9.17) is 4.74 Å². The van der Waals surface area contributed by atoms with Crippen molar-refractivity contribution in [3.05, 3.63) is 33.9 Å². The number of nitrogens with zero attached hydrogens (tertiary/aromatic N) is 1. The zero-order valence-electron chi connectivity index (χ0n) is 11.2. The number of rotatable bonds is 7. The van der Waals surface area contributed by atoms with E-state index in [2.05, 4.69) is 5.32 Å². The fourth-order valence-electron chi connectivity index (χ4n) is 1.76. The Kier molecular flexibility index (Phi) is 4.66.